The number of thiocarbonyl (C=S) groups is 1. The van der Waals surface area contributed by atoms with Crippen LogP contribution in [-0.2, 0) is 7.05 Å². The molecule has 0 saturated carbocycles. The largest absolute Gasteiger partial charge is 0.494 e. The molecule has 8 nitrogen and oxygen atoms in total. The number of aryl methyl sites for hydroxylation is 1. The van der Waals surface area contributed by atoms with Crippen molar-refractivity contribution in [2.24, 2.45) is 7.05 Å². The third-order valence-corrected chi connectivity index (χ3v) is 2.59. The van der Waals surface area contributed by atoms with Crippen molar-refractivity contribution in [2.45, 2.75) is 6.92 Å². The van der Waals surface area contributed by atoms with Gasteiger partial charge in [0.05, 0.1) is 13.7 Å². The van der Waals surface area contributed by atoms with Gasteiger partial charge in [-0.2, -0.15) is 4.80 Å². The normalized spacial score (nSPS) is 10.0. The number of aromatic nitrogens is 4. The number of carbonyl (C=O) groups excluding carboxylic acids is 1. The second-order valence-electron chi connectivity index (χ2n) is 3.97. The Morgan fingerprint density at radius 2 is 2.10 bits per heavy atom. The molecule has 0 saturated heterocycles. The van der Waals surface area contributed by atoms with E-state index in [0.29, 0.717) is 17.9 Å². The maximum atomic E-state index is 12.0. The van der Waals surface area contributed by atoms with Crippen LogP contribution in [0.2, 0.25) is 0 Å². The Morgan fingerprint density at radius 3 is 2.67 bits per heavy atom. The van der Waals surface area contributed by atoms with Gasteiger partial charge >= 0.3 is 0 Å². The summed E-state index contributed by atoms with van der Waals surface area (Å²) in [5, 5.41) is 16.5. The SMILES string of the molecule is CCOc1ccc(C(=O)NC(=S)Nc2nnn(C)n2)cc1. The lowest BCUT2D eigenvalue weighted by molar-refractivity contribution is 0.0977. The maximum absolute atomic E-state index is 12.0. The van der Waals surface area contributed by atoms with Crippen LogP contribution in [0.25, 0.3) is 0 Å². The van der Waals surface area contributed by atoms with E-state index < -0.39 is 0 Å². The summed E-state index contributed by atoms with van der Waals surface area (Å²) in [6.45, 7) is 2.47. The summed E-state index contributed by atoms with van der Waals surface area (Å²) >= 11 is 5.00. The summed E-state index contributed by atoms with van der Waals surface area (Å²) in [7, 11) is 1.62. The minimum Gasteiger partial charge on any atom is -0.494 e. The molecule has 9 heteroatoms. The summed E-state index contributed by atoms with van der Waals surface area (Å²) in [5.74, 6) is 0.590. The van der Waals surface area contributed by atoms with Crippen molar-refractivity contribution >= 4 is 29.2 Å². The molecule has 0 unspecified atom stereocenters. The van der Waals surface area contributed by atoms with E-state index in [1.807, 2.05) is 6.92 Å². The second kappa shape index (κ2) is 6.75. The van der Waals surface area contributed by atoms with Crippen LogP contribution in [0.4, 0.5) is 5.95 Å². The van der Waals surface area contributed by atoms with Crippen molar-refractivity contribution in [1.82, 2.24) is 25.5 Å². The standard InChI is InChI=1S/C12H14N6O2S/c1-3-20-9-6-4-8(5-7-9)10(19)13-12(21)14-11-15-17-18(2)16-11/h4-7H,3H2,1-2H3,(H2,13,14,16,19,21). The fourth-order valence-electron chi connectivity index (χ4n) is 1.51. The van der Waals surface area contributed by atoms with Crippen LogP contribution in [0, 0.1) is 0 Å². The van der Waals surface area contributed by atoms with Crippen molar-refractivity contribution in [2.75, 3.05) is 11.9 Å². The van der Waals surface area contributed by atoms with Gasteiger partial charge in [-0.25, -0.2) is 0 Å². The monoisotopic (exact) mass is 306 g/mol. The molecule has 0 spiro atoms. The molecule has 1 heterocycles. The molecule has 0 aliphatic carbocycles. The molecular weight excluding hydrogens is 292 g/mol. The van der Waals surface area contributed by atoms with E-state index in [-0.39, 0.29) is 17.0 Å². The number of tetrazole rings is 1. The Labute approximate surface area is 126 Å². The van der Waals surface area contributed by atoms with Gasteiger partial charge in [-0.05, 0) is 48.6 Å². The van der Waals surface area contributed by atoms with E-state index in [9.17, 15) is 4.79 Å². The second-order valence-corrected chi connectivity index (χ2v) is 4.38. The summed E-state index contributed by atoms with van der Waals surface area (Å²) < 4.78 is 5.31. The minimum atomic E-state index is -0.334. The van der Waals surface area contributed by atoms with E-state index >= 15 is 0 Å². The Bertz CT molecular complexity index is 639. The molecule has 2 aromatic rings. The number of anilines is 1. The van der Waals surface area contributed by atoms with Gasteiger partial charge in [-0.15, -0.1) is 5.10 Å². The molecule has 1 aromatic heterocycles. The predicted molar refractivity (Wildman–Crippen MR) is 80.1 cm³/mol. The molecule has 0 fully saturated rings. The Kier molecular flexibility index (Phi) is 4.77. The van der Waals surface area contributed by atoms with Gasteiger partial charge in [0.2, 0.25) is 0 Å². The smallest absolute Gasteiger partial charge is 0.269 e. The van der Waals surface area contributed by atoms with Crippen LogP contribution in [0.5, 0.6) is 5.75 Å². The topological polar surface area (TPSA) is 94.0 Å². The highest BCUT2D eigenvalue weighted by molar-refractivity contribution is 7.80. The number of amides is 1. The first-order valence-corrected chi connectivity index (χ1v) is 6.58. The summed E-state index contributed by atoms with van der Waals surface area (Å²) in [5.41, 5.74) is 0.467. The number of benzene rings is 1. The average molecular weight is 306 g/mol. The van der Waals surface area contributed by atoms with Crippen LogP contribution in [0.15, 0.2) is 24.3 Å². The highest BCUT2D eigenvalue weighted by Crippen LogP contribution is 2.11. The van der Waals surface area contributed by atoms with Gasteiger partial charge in [-0.3, -0.25) is 15.4 Å². The summed E-state index contributed by atoms with van der Waals surface area (Å²) in [4.78, 5) is 13.3. The first-order valence-electron chi connectivity index (χ1n) is 6.17. The van der Waals surface area contributed by atoms with Gasteiger partial charge in [-0.1, -0.05) is 5.10 Å². The molecule has 0 aliphatic rings. The average Bonchev–Trinajstić information content (AvgIpc) is 2.85. The van der Waals surface area contributed by atoms with Gasteiger partial charge < -0.3 is 4.74 Å². The number of ether oxygens (including phenoxy) is 1. The van der Waals surface area contributed by atoms with Crippen LogP contribution in [-0.4, -0.2) is 37.8 Å². The lowest BCUT2D eigenvalue weighted by Gasteiger charge is -2.07. The van der Waals surface area contributed by atoms with Gasteiger partial charge in [0.25, 0.3) is 11.9 Å². The third kappa shape index (κ3) is 4.21. The molecule has 0 atom stereocenters. The van der Waals surface area contributed by atoms with E-state index in [4.69, 9.17) is 17.0 Å². The fourth-order valence-corrected chi connectivity index (χ4v) is 1.70. The molecule has 0 bridgehead atoms. The van der Waals surface area contributed by atoms with E-state index in [1.54, 1.807) is 31.3 Å². The number of nitrogens with zero attached hydrogens (tertiary/aromatic N) is 4. The molecule has 110 valence electrons. The van der Waals surface area contributed by atoms with Crippen LogP contribution in [0.3, 0.4) is 0 Å². The zero-order valence-electron chi connectivity index (χ0n) is 11.5. The van der Waals surface area contributed by atoms with E-state index in [0.717, 1.165) is 0 Å². The lowest BCUT2D eigenvalue weighted by atomic mass is 10.2. The first kappa shape index (κ1) is 14.9. The van der Waals surface area contributed by atoms with E-state index in [2.05, 4.69) is 26.0 Å². The quantitative estimate of drug-likeness (QED) is 0.804. The Balaban J connectivity index is 1.92. The molecule has 1 aromatic carbocycles. The highest BCUT2D eigenvalue weighted by Gasteiger charge is 2.09. The molecule has 0 radical (unpaired) electrons. The fraction of sp³-hybridized carbons (Fsp3) is 0.250. The van der Waals surface area contributed by atoms with E-state index in [1.165, 1.54) is 4.80 Å². The third-order valence-electron chi connectivity index (χ3n) is 2.39. The molecule has 0 aliphatic heterocycles. The molecular formula is C12H14N6O2S. The highest BCUT2D eigenvalue weighted by atomic mass is 32.1. The number of nitrogens with one attached hydrogen (secondary N) is 2. The van der Waals surface area contributed by atoms with Gasteiger partial charge in [0, 0.05) is 5.56 Å². The summed E-state index contributed by atoms with van der Waals surface area (Å²) in [6.07, 6.45) is 0. The lowest BCUT2D eigenvalue weighted by Crippen LogP contribution is -2.34. The minimum absolute atomic E-state index is 0.0990. The van der Waals surface area contributed by atoms with Crippen LogP contribution < -0.4 is 15.4 Å². The molecule has 2 N–H and O–H groups in total. The molecule has 1 amide bonds. The Hall–Kier alpha value is -2.55. The predicted octanol–water partition coefficient (Wildman–Crippen LogP) is 0.736. The van der Waals surface area contributed by atoms with Crippen molar-refractivity contribution in [1.29, 1.82) is 0 Å². The van der Waals surface area contributed by atoms with Gasteiger partial charge in [0.1, 0.15) is 5.75 Å². The van der Waals surface area contributed by atoms with Crippen LogP contribution in [0.1, 0.15) is 17.3 Å². The first-order chi connectivity index (χ1) is 10.1. The van der Waals surface area contributed by atoms with Crippen LogP contribution >= 0.6 is 12.2 Å². The Morgan fingerprint density at radius 1 is 1.38 bits per heavy atom. The number of rotatable bonds is 4. The zero-order chi connectivity index (χ0) is 15.2. The van der Waals surface area contributed by atoms with Crippen molar-refractivity contribution < 1.29 is 9.53 Å². The van der Waals surface area contributed by atoms with Crippen molar-refractivity contribution in [3.63, 3.8) is 0 Å². The number of hydrogen-bond acceptors (Lipinski definition) is 6. The number of carbonyl (C=O) groups is 1. The summed E-state index contributed by atoms with van der Waals surface area (Å²) in [6, 6.07) is 6.76. The molecule has 21 heavy (non-hydrogen) atoms. The van der Waals surface area contributed by atoms with Crippen molar-refractivity contribution in [3.05, 3.63) is 29.8 Å². The number of hydrogen-bond donors (Lipinski definition) is 2. The van der Waals surface area contributed by atoms with Gasteiger partial charge in [0.15, 0.2) is 5.11 Å². The van der Waals surface area contributed by atoms with Crippen molar-refractivity contribution in [3.8, 4) is 5.75 Å². The zero-order valence-corrected chi connectivity index (χ0v) is 12.3. The molecule has 2 rings (SSSR count). The maximum Gasteiger partial charge on any atom is 0.269 e.